The van der Waals surface area contributed by atoms with Gasteiger partial charge in [0.25, 0.3) is 11.7 Å². The number of carbonyl (C=O) groups excluding carboxylic acids is 2. The van der Waals surface area contributed by atoms with Gasteiger partial charge >= 0.3 is 0 Å². The van der Waals surface area contributed by atoms with Crippen LogP contribution in [0.2, 0.25) is 0 Å². The van der Waals surface area contributed by atoms with Crippen molar-refractivity contribution >= 4 is 22.9 Å². The fraction of sp³-hybridized carbons (Fsp3) is 0.0909. The highest BCUT2D eigenvalue weighted by Crippen LogP contribution is 2.31. The molecule has 29 heavy (non-hydrogen) atoms. The number of hydrogen-bond donors (Lipinski definition) is 1. The Morgan fingerprint density at radius 3 is 2.59 bits per heavy atom. The summed E-state index contributed by atoms with van der Waals surface area (Å²) < 4.78 is 17.6. The maximum atomic E-state index is 13.1. The Bertz CT molecular complexity index is 1190. The number of hydrogen-bond acceptors (Lipinski definition) is 5. The van der Waals surface area contributed by atoms with Crippen molar-refractivity contribution < 1.29 is 23.5 Å². The monoisotopic (exact) mass is 390 g/mol. The highest BCUT2D eigenvalue weighted by Gasteiger charge is 2.26. The van der Waals surface area contributed by atoms with Crippen LogP contribution in [0.3, 0.4) is 0 Å². The van der Waals surface area contributed by atoms with Gasteiger partial charge in [-0.3, -0.25) is 9.59 Å². The summed E-state index contributed by atoms with van der Waals surface area (Å²) in [6.07, 6.45) is 3.25. The van der Waals surface area contributed by atoms with Gasteiger partial charge in [-0.1, -0.05) is 6.07 Å². The fourth-order valence-electron chi connectivity index (χ4n) is 3.16. The van der Waals surface area contributed by atoms with Gasteiger partial charge in [-0.25, -0.2) is 0 Å². The number of ether oxygens (including phenoxy) is 2. The molecule has 3 heterocycles. The van der Waals surface area contributed by atoms with Gasteiger partial charge in [0, 0.05) is 23.3 Å². The number of fused-ring (bicyclic) bond motifs is 1. The first kappa shape index (κ1) is 18.4. The first-order valence-electron chi connectivity index (χ1n) is 8.84. The van der Waals surface area contributed by atoms with E-state index in [-0.39, 0.29) is 5.69 Å². The summed E-state index contributed by atoms with van der Waals surface area (Å²) in [7, 11) is 3.01. The Kier molecular flexibility index (Phi) is 4.78. The number of furan rings is 1. The van der Waals surface area contributed by atoms with Gasteiger partial charge in [-0.05, 0) is 42.5 Å². The molecule has 4 rings (SSSR count). The molecule has 0 atom stereocenters. The molecule has 3 aromatic heterocycles. The van der Waals surface area contributed by atoms with E-state index in [4.69, 9.17) is 13.9 Å². The number of ketones is 1. The number of rotatable bonds is 6. The van der Waals surface area contributed by atoms with Crippen LogP contribution in [0.4, 0.5) is 5.69 Å². The lowest BCUT2D eigenvalue weighted by Crippen LogP contribution is -2.25. The summed E-state index contributed by atoms with van der Waals surface area (Å²) in [4.78, 5) is 25.9. The van der Waals surface area contributed by atoms with Crippen LogP contribution in [-0.2, 0) is 4.79 Å². The standard InChI is InChI=1S/C22H18N2O5/c1-27-15-8-9-17(19(13-15)28-2)23-22(26)21(25)20-16(18-7-5-11-29-18)12-14-6-3-4-10-24(14)20/h3-13H,1-2H3,(H,23,26). The molecule has 0 radical (unpaired) electrons. The molecule has 7 heteroatoms. The lowest BCUT2D eigenvalue weighted by molar-refractivity contribution is -0.112. The Hall–Kier alpha value is -4.00. The smallest absolute Gasteiger partial charge is 0.298 e. The quantitative estimate of drug-likeness (QED) is 0.397. The van der Waals surface area contributed by atoms with E-state index in [1.165, 1.54) is 20.5 Å². The van der Waals surface area contributed by atoms with Crippen LogP contribution in [0.25, 0.3) is 16.8 Å². The van der Waals surface area contributed by atoms with Crippen molar-refractivity contribution in [3.8, 4) is 22.8 Å². The van der Waals surface area contributed by atoms with E-state index in [0.717, 1.165) is 5.52 Å². The first-order chi connectivity index (χ1) is 14.1. The summed E-state index contributed by atoms with van der Waals surface area (Å²) in [6.45, 7) is 0. The lowest BCUT2D eigenvalue weighted by atomic mass is 10.1. The van der Waals surface area contributed by atoms with Crippen molar-refractivity contribution in [1.82, 2.24) is 4.40 Å². The number of nitrogens with one attached hydrogen (secondary N) is 1. The molecule has 0 aliphatic rings. The van der Waals surface area contributed by atoms with E-state index in [0.29, 0.717) is 28.5 Å². The number of Topliss-reactive ketones (excluding diaryl/α,β-unsaturated/α-hetero) is 1. The van der Waals surface area contributed by atoms with Crippen molar-refractivity contribution in [1.29, 1.82) is 0 Å². The van der Waals surface area contributed by atoms with Gasteiger partial charge in [0.15, 0.2) is 0 Å². The third kappa shape index (κ3) is 3.34. The number of anilines is 1. The molecule has 0 saturated heterocycles. The van der Waals surface area contributed by atoms with Gasteiger partial charge < -0.3 is 23.6 Å². The number of aromatic nitrogens is 1. The van der Waals surface area contributed by atoms with Crippen LogP contribution in [0.1, 0.15) is 10.5 Å². The van der Waals surface area contributed by atoms with Crippen LogP contribution in [0.15, 0.2) is 71.5 Å². The highest BCUT2D eigenvalue weighted by molar-refractivity contribution is 6.47. The van der Waals surface area contributed by atoms with E-state index in [9.17, 15) is 9.59 Å². The van der Waals surface area contributed by atoms with Gasteiger partial charge in [-0.2, -0.15) is 0 Å². The third-order valence-corrected chi connectivity index (χ3v) is 4.54. The first-order valence-corrected chi connectivity index (χ1v) is 8.84. The molecule has 0 aliphatic carbocycles. The molecule has 146 valence electrons. The number of nitrogens with zero attached hydrogens (tertiary/aromatic N) is 1. The fourth-order valence-corrected chi connectivity index (χ4v) is 3.16. The second kappa shape index (κ2) is 7.55. The summed E-state index contributed by atoms with van der Waals surface area (Å²) >= 11 is 0. The zero-order chi connectivity index (χ0) is 20.4. The van der Waals surface area contributed by atoms with Crippen molar-refractivity contribution in [3.05, 3.63) is 72.8 Å². The van der Waals surface area contributed by atoms with Crippen LogP contribution >= 0.6 is 0 Å². The number of pyridine rings is 1. The van der Waals surface area contributed by atoms with Crippen LogP contribution in [0, 0.1) is 0 Å². The second-order valence-electron chi connectivity index (χ2n) is 6.23. The van der Waals surface area contributed by atoms with Crippen LogP contribution in [0.5, 0.6) is 11.5 Å². The van der Waals surface area contributed by atoms with Gasteiger partial charge in [0.2, 0.25) is 0 Å². The van der Waals surface area contributed by atoms with Crippen molar-refractivity contribution in [2.75, 3.05) is 19.5 Å². The summed E-state index contributed by atoms with van der Waals surface area (Å²) in [5.74, 6) is -0.0156. The molecule has 1 amide bonds. The minimum Gasteiger partial charge on any atom is -0.497 e. The molecule has 1 N–H and O–H groups in total. The number of methoxy groups -OCH3 is 2. The minimum absolute atomic E-state index is 0.223. The molecule has 4 aromatic rings. The summed E-state index contributed by atoms with van der Waals surface area (Å²) in [5.41, 5.74) is 1.91. The van der Waals surface area contributed by atoms with Crippen molar-refractivity contribution in [3.63, 3.8) is 0 Å². The topological polar surface area (TPSA) is 82.2 Å². The molecule has 0 spiro atoms. The molecular weight excluding hydrogens is 372 g/mol. The summed E-state index contributed by atoms with van der Waals surface area (Å²) in [5, 5.41) is 2.63. The minimum atomic E-state index is -0.787. The van der Waals surface area contributed by atoms with E-state index < -0.39 is 11.7 Å². The SMILES string of the molecule is COc1ccc(NC(=O)C(=O)c2c(-c3ccco3)cc3ccccn23)c(OC)c1. The molecule has 0 bridgehead atoms. The normalized spacial score (nSPS) is 10.7. The third-order valence-electron chi connectivity index (χ3n) is 4.54. The molecule has 1 aromatic carbocycles. The Balaban J connectivity index is 1.72. The van der Waals surface area contributed by atoms with E-state index in [1.807, 2.05) is 18.2 Å². The molecule has 0 saturated carbocycles. The molecule has 0 unspecified atom stereocenters. The Labute approximate surface area is 166 Å². The molecular formula is C22H18N2O5. The number of amides is 1. The lowest BCUT2D eigenvalue weighted by Gasteiger charge is -2.11. The van der Waals surface area contributed by atoms with Crippen molar-refractivity contribution in [2.45, 2.75) is 0 Å². The van der Waals surface area contributed by atoms with Gasteiger partial charge in [-0.15, -0.1) is 0 Å². The predicted octanol–water partition coefficient (Wildman–Crippen LogP) is 4.04. The van der Waals surface area contributed by atoms with E-state index in [1.54, 1.807) is 47.0 Å². The highest BCUT2D eigenvalue weighted by atomic mass is 16.5. The van der Waals surface area contributed by atoms with Crippen LogP contribution in [-0.4, -0.2) is 30.3 Å². The second-order valence-corrected chi connectivity index (χ2v) is 6.23. The number of benzene rings is 1. The van der Waals surface area contributed by atoms with Gasteiger partial charge in [0.05, 0.1) is 26.2 Å². The Morgan fingerprint density at radius 2 is 1.86 bits per heavy atom. The van der Waals surface area contributed by atoms with Gasteiger partial charge in [0.1, 0.15) is 23.0 Å². The molecule has 0 aliphatic heterocycles. The molecule has 7 nitrogen and oxygen atoms in total. The van der Waals surface area contributed by atoms with E-state index >= 15 is 0 Å². The number of carbonyl (C=O) groups is 2. The Morgan fingerprint density at radius 1 is 1.00 bits per heavy atom. The largest absolute Gasteiger partial charge is 0.497 e. The molecule has 0 fully saturated rings. The average Bonchev–Trinajstić information content (AvgIpc) is 3.41. The maximum absolute atomic E-state index is 13.1. The zero-order valence-electron chi connectivity index (χ0n) is 15.8. The van der Waals surface area contributed by atoms with Crippen molar-refractivity contribution in [2.24, 2.45) is 0 Å². The van der Waals surface area contributed by atoms with Crippen LogP contribution < -0.4 is 14.8 Å². The van der Waals surface area contributed by atoms with E-state index in [2.05, 4.69) is 5.32 Å². The average molecular weight is 390 g/mol. The zero-order valence-corrected chi connectivity index (χ0v) is 15.8. The summed E-state index contributed by atoms with van der Waals surface area (Å²) in [6, 6.07) is 15.7. The maximum Gasteiger partial charge on any atom is 0.298 e. The predicted molar refractivity (Wildman–Crippen MR) is 108 cm³/mol.